The summed E-state index contributed by atoms with van der Waals surface area (Å²) in [6.07, 6.45) is 1.81. The van der Waals surface area contributed by atoms with Crippen LogP contribution in [0.1, 0.15) is 0 Å². The van der Waals surface area contributed by atoms with E-state index in [1.54, 1.807) is 23.5 Å². The van der Waals surface area contributed by atoms with Crippen molar-refractivity contribution >= 4 is 38.7 Å². The molecule has 2 aromatic heterocycles. The molecule has 0 unspecified atom stereocenters. The number of pyridine rings is 1. The van der Waals surface area contributed by atoms with Crippen molar-refractivity contribution in [3.63, 3.8) is 0 Å². The van der Waals surface area contributed by atoms with E-state index in [0.29, 0.717) is 22.0 Å². The maximum Gasteiger partial charge on any atom is 0.195 e. The molecule has 2 N–H and O–H groups in total. The zero-order valence-corrected chi connectivity index (χ0v) is 12.4. The number of nitrogens with two attached hydrogens (primary N) is 1. The van der Waals surface area contributed by atoms with E-state index in [-0.39, 0.29) is 5.43 Å². The summed E-state index contributed by atoms with van der Waals surface area (Å²) >= 11 is 1.62. The number of nitrogen functional groups attached to an aromatic ring is 1. The molecule has 0 aliphatic carbocycles. The number of nitrogens with zero attached hydrogens (tertiary/aromatic N) is 1. The first kappa shape index (κ1) is 13.0. The molecule has 0 saturated carbocycles. The van der Waals surface area contributed by atoms with Gasteiger partial charge in [0.15, 0.2) is 5.43 Å². The Bertz CT molecular complexity index is 1060. The van der Waals surface area contributed by atoms with E-state index in [4.69, 9.17) is 5.73 Å². The summed E-state index contributed by atoms with van der Waals surface area (Å²) < 4.78 is 0. The Hall–Kier alpha value is -2.72. The van der Waals surface area contributed by atoms with Crippen LogP contribution in [0.5, 0.6) is 0 Å². The summed E-state index contributed by atoms with van der Waals surface area (Å²) in [5, 5.41) is 6.17. The topological polar surface area (TPSA) is 56.0 Å². The molecule has 0 aliphatic rings. The third kappa shape index (κ3) is 2.05. The van der Waals surface area contributed by atoms with Crippen molar-refractivity contribution in [3.05, 3.63) is 69.6 Å². The lowest BCUT2D eigenvalue weighted by molar-refractivity contribution is 1.42. The quantitative estimate of drug-likeness (QED) is 0.540. The Labute approximate surface area is 130 Å². The van der Waals surface area contributed by atoms with Gasteiger partial charge in [0.1, 0.15) is 0 Å². The predicted molar refractivity (Wildman–Crippen MR) is 93.2 cm³/mol. The first-order valence-electron chi connectivity index (χ1n) is 6.87. The van der Waals surface area contributed by atoms with Crippen LogP contribution in [0.15, 0.2) is 64.2 Å². The van der Waals surface area contributed by atoms with Crippen LogP contribution in [0.3, 0.4) is 0 Å². The molecule has 0 amide bonds. The average molecular weight is 304 g/mol. The van der Waals surface area contributed by atoms with Crippen molar-refractivity contribution < 1.29 is 0 Å². The van der Waals surface area contributed by atoms with Gasteiger partial charge in [-0.25, -0.2) is 0 Å². The van der Waals surface area contributed by atoms with Crippen LogP contribution in [0.4, 0.5) is 5.69 Å². The number of aromatic nitrogens is 1. The summed E-state index contributed by atoms with van der Waals surface area (Å²) in [4.78, 5) is 17.3. The summed E-state index contributed by atoms with van der Waals surface area (Å²) in [6, 6.07) is 13.1. The Morgan fingerprint density at radius 3 is 2.64 bits per heavy atom. The summed E-state index contributed by atoms with van der Waals surface area (Å²) in [5.74, 6) is 0. The molecule has 0 fully saturated rings. The van der Waals surface area contributed by atoms with Gasteiger partial charge < -0.3 is 5.73 Å². The molecule has 4 aromatic rings. The minimum atomic E-state index is -0.0353. The molecule has 22 heavy (non-hydrogen) atoms. The summed E-state index contributed by atoms with van der Waals surface area (Å²) in [5.41, 5.74) is 9.11. The molecular weight excluding hydrogens is 292 g/mol. The van der Waals surface area contributed by atoms with E-state index >= 15 is 0 Å². The van der Waals surface area contributed by atoms with E-state index in [2.05, 4.69) is 4.98 Å². The predicted octanol–water partition coefficient (Wildman–Crippen LogP) is 4.06. The van der Waals surface area contributed by atoms with Gasteiger partial charge in [0.05, 0.1) is 5.52 Å². The Balaban J connectivity index is 2.13. The van der Waals surface area contributed by atoms with Crippen molar-refractivity contribution in [1.82, 2.24) is 4.98 Å². The number of hydrogen-bond donors (Lipinski definition) is 1. The second kappa shape index (κ2) is 4.93. The molecule has 0 spiro atoms. The van der Waals surface area contributed by atoms with Crippen LogP contribution in [0.25, 0.3) is 32.8 Å². The smallest absolute Gasteiger partial charge is 0.195 e. The van der Waals surface area contributed by atoms with E-state index in [1.807, 2.05) is 47.3 Å². The number of rotatable bonds is 1. The molecule has 0 radical (unpaired) electrons. The maximum atomic E-state index is 12.9. The van der Waals surface area contributed by atoms with Gasteiger partial charge in [0, 0.05) is 28.2 Å². The Morgan fingerprint density at radius 1 is 0.955 bits per heavy atom. The fourth-order valence-corrected chi connectivity index (χ4v) is 3.27. The van der Waals surface area contributed by atoms with Gasteiger partial charge >= 0.3 is 0 Å². The normalized spacial score (nSPS) is 11.1. The van der Waals surface area contributed by atoms with Crippen LogP contribution in [-0.2, 0) is 0 Å². The molecular formula is C18H12N2OS. The summed E-state index contributed by atoms with van der Waals surface area (Å²) in [6.45, 7) is 0. The first-order valence-corrected chi connectivity index (χ1v) is 7.81. The van der Waals surface area contributed by atoms with Crippen molar-refractivity contribution in [1.29, 1.82) is 0 Å². The molecule has 0 saturated heterocycles. The van der Waals surface area contributed by atoms with Gasteiger partial charge in [-0.15, -0.1) is 0 Å². The van der Waals surface area contributed by atoms with Crippen molar-refractivity contribution in [2.75, 3.05) is 5.73 Å². The molecule has 0 bridgehead atoms. The number of thiophene rings is 1. The molecule has 106 valence electrons. The maximum absolute atomic E-state index is 12.9. The molecule has 0 atom stereocenters. The highest BCUT2D eigenvalue weighted by Crippen LogP contribution is 2.24. The third-order valence-electron chi connectivity index (χ3n) is 3.76. The zero-order chi connectivity index (χ0) is 15.1. The van der Waals surface area contributed by atoms with E-state index in [1.165, 1.54) is 0 Å². The number of fused-ring (bicyclic) bond motifs is 2. The van der Waals surface area contributed by atoms with Crippen LogP contribution in [-0.4, -0.2) is 4.98 Å². The highest BCUT2D eigenvalue weighted by molar-refractivity contribution is 7.08. The minimum absolute atomic E-state index is 0.0353. The van der Waals surface area contributed by atoms with Gasteiger partial charge in [-0.3, -0.25) is 9.78 Å². The zero-order valence-electron chi connectivity index (χ0n) is 11.6. The average Bonchev–Trinajstić information content (AvgIpc) is 3.03. The van der Waals surface area contributed by atoms with Crippen LogP contribution < -0.4 is 11.2 Å². The van der Waals surface area contributed by atoms with Crippen molar-refractivity contribution in [2.24, 2.45) is 0 Å². The van der Waals surface area contributed by atoms with E-state index in [9.17, 15) is 4.79 Å². The van der Waals surface area contributed by atoms with E-state index < -0.39 is 0 Å². The van der Waals surface area contributed by atoms with Crippen LogP contribution in [0, 0.1) is 0 Å². The molecule has 3 nitrogen and oxygen atoms in total. The van der Waals surface area contributed by atoms with Gasteiger partial charge in [-0.1, -0.05) is 12.1 Å². The molecule has 4 rings (SSSR count). The number of anilines is 1. The molecule has 4 heteroatoms. The lowest BCUT2D eigenvalue weighted by Crippen LogP contribution is -2.00. The van der Waals surface area contributed by atoms with Gasteiger partial charge in [0.2, 0.25) is 0 Å². The van der Waals surface area contributed by atoms with Gasteiger partial charge in [-0.2, -0.15) is 11.3 Å². The minimum Gasteiger partial charge on any atom is -0.399 e. The standard InChI is InChI=1S/C18H12N2OS/c19-14-3-1-11-2-4-17-16(18(21)15(11)8-14)7-13(9-20-17)12-5-6-22-10-12/h1-10H,19H2. The second-order valence-corrected chi connectivity index (χ2v) is 5.96. The Morgan fingerprint density at radius 2 is 1.82 bits per heavy atom. The fourth-order valence-electron chi connectivity index (χ4n) is 2.61. The molecule has 2 heterocycles. The highest BCUT2D eigenvalue weighted by Gasteiger charge is 2.06. The second-order valence-electron chi connectivity index (χ2n) is 5.18. The Kier molecular flexibility index (Phi) is 2.91. The van der Waals surface area contributed by atoms with Gasteiger partial charge in [0.25, 0.3) is 0 Å². The SMILES string of the molecule is Nc1ccc2ccc3ncc(-c4ccsc4)cc3c(=O)c2c1. The largest absolute Gasteiger partial charge is 0.399 e. The summed E-state index contributed by atoms with van der Waals surface area (Å²) in [7, 11) is 0. The number of hydrogen-bond acceptors (Lipinski definition) is 4. The van der Waals surface area contributed by atoms with Crippen LogP contribution >= 0.6 is 11.3 Å². The van der Waals surface area contributed by atoms with Crippen molar-refractivity contribution in [2.45, 2.75) is 0 Å². The lowest BCUT2D eigenvalue weighted by atomic mass is 10.1. The fraction of sp³-hybridized carbons (Fsp3) is 0. The number of benzene rings is 1. The first-order chi connectivity index (χ1) is 10.7. The molecule has 0 aliphatic heterocycles. The van der Waals surface area contributed by atoms with Crippen molar-refractivity contribution in [3.8, 4) is 11.1 Å². The lowest BCUT2D eigenvalue weighted by Gasteiger charge is -1.98. The third-order valence-corrected chi connectivity index (χ3v) is 4.44. The van der Waals surface area contributed by atoms with Gasteiger partial charge in [-0.05, 0) is 52.0 Å². The molecule has 2 aromatic carbocycles. The monoisotopic (exact) mass is 304 g/mol. The highest BCUT2D eigenvalue weighted by atomic mass is 32.1. The van der Waals surface area contributed by atoms with Crippen LogP contribution in [0.2, 0.25) is 0 Å². The van der Waals surface area contributed by atoms with E-state index in [0.717, 1.165) is 16.5 Å².